The van der Waals surface area contributed by atoms with Crippen LogP contribution < -0.4 is 5.84 Å². The van der Waals surface area contributed by atoms with E-state index in [2.05, 4.69) is 18.9 Å². The molecule has 16 heavy (non-hydrogen) atoms. The largest absolute Gasteiger partial charge is 0.269 e. The predicted octanol–water partition coefficient (Wildman–Crippen LogP) is 2.64. The van der Waals surface area contributed by atoms with Gasteiger partial charge in [0.05, 0.1) is 0 Å². The summed E-state index contributed by atoms with van der Waals surface area (Å²) in [5.74, 6) is 11.0. The third kappa shape index (κ3) is 1.80. The molecule has 0 aromatic carbocycles. The van der Waals surface area contributed by atoms with E-state index < -0.39 is 0 Å². The molecule has 0 aliphatic heterocycles. The molecule has 4 saturated carbocycles. The van der Waals surface area contributed by atoms with Crippen LogP contribution in [0, 0.1) is 29.6 Å². The molecule has 0 saturated heterocycles. The quantitative estimate of drug-likeness (QED) is 0.587. The SMILES string of the molecule is CC(C)CN(N)C1C2CC3CC(C2)CC1C3. The maximum absolute atomic E-state index is 6.33. The zero-order valence-corrected chi connectivity index (χ0v) is 10.7. The van der Waals surface area contributed by atoms with Gasteiger partial charge in [0.2, 0.25) is 0 Å². The summed E-state index contributed by atoms with van der Waals surface area (Å²) in [6.07, 6.45) is 7.44. The van der Waals surface area contributed by atoms with Crippen molar-refractivity contribution in [3.05, 3.63) is 0 Å². The van der Waals surface area contributed by atoms with Crippen LogP contribution in [0.25, 0.3) is 0 Å². The van der Waals surface area contributed by atoms with Crippen LogP contribution in [0.2, 0.25) is 0 Å². The molecule has 4 bridgehead atoms. The van der Waals surface area contributed by atoms with Crippen LogP contribution in [0.4, 0.5) is 0 Å². The summed E-state index contributed by atoms with van der Waals surface area (Å²) in [6.45, 7) is 5.62. The van der Waals surface area contributed by atoms with Gasteiger partial charge in [0, 0.05) is 12.6 Å². The van der Waals surface area contributed by atoms with Crippen LogP contribution in [0.3, 0.4) is 0 Å². The topological polar surface area (TPSA) is 29.3 Å². The first kappa shape index (κ1) is 11.0. The highest BCUT2D eigenvalue weighted by Crippen LogP contribution is 2.54. The van der Waals surface area contributed by atoms with Crippen LogP contribution in [-0.4, -0.2) is 17.6 Å². The second-order valence-electron chi connectivity index (χ2n) is 7.01. The van der Waals surface area contributed by atoms with Gasteiger partial charge in [-0.15, -0.1) is 0 Å². The third-order valence-corrected chi connectivity index (χ3v) is 5.14. The van der Waals surface area contributed by atoms with E-state index in [0.29, 0.717) is 5.92 Å². The minimum atomic E-state index is 0.696. The summed E-state index contributed by atoms with van der Waals surface area (Å²) in [5.41, 5.74) is 0. The van der Waals surface area contributed by atoms with Crippen molar-refractivity contribution in [3.8, 4) is 0 Å². The Bertz CT molecular complexity index is 233. The highest BCUT2D eigenvalue weighted by Gasteiger charge is 2.49. The second-order valence-corrected chi connectivity index (χ2v) is 7.01. The molecule has 2 N–H and O–H groups in total. The Labute approximate surface area is 99.5 Å². The molecule has 4 aliphatic carbocycles. The van der Waals surface area contributed by atoms with Gasteiger partial charge in [-0.25, -0.2) is 5.01 Å². The Morgan fingerprint density at radius 2 is 1.50 bits per heavy atom. The molecule has 4 fully saturated rings. The van der Waals surface area contributed by atoms with Crippen molar-refractivity contribution in [2.24, 2.45) is 35.4 Å². The fourth-order valence-corrected chi connectivity index (χ4v) is 4.98. The normalized spacial score (nSPS) is 45.9. The first-order valence-corrected chi connectivity index (χ1v) is 7.14. The lowest BCUT2D eigenvalue weighted by atomic mass is 9.54. The lowest BCUT2D eigenvalue weighted by Gasteiger charge is -2.56. The summed E-state index contributed by atoms with van der Waals surface area (Å²) in [6, 6.07) is 0.718. The predicted molar refractivity (Wildman–Crippen MR) is 66.6 cm³/mol. The summed E-state index contributed by atoms with van der Waals surface area (Å²) in [5, 5.41) is 2.21. The van der Waals surface area contributed by atoms with Gasteiger partial charge in [0.15, 0.2) is 0 Å². The third-order valence-electron chi connectivity index (χ3n) is 5.14. The van der Waals surface area contributed by atoms with E-state index in [-0.39, 0.29) is 0 Å². The number of hydrazine groups is 1. The fourth-order valence-electron chi connectivity index (χ4n) is 4.98. The smallest absolute Gasteiger partial charge is 0.0298 e. The Balaban J connectivity index is 1.71. The minimum absolute atomic E-state index is 0.696. The van der Waals surface area contributed by atoms with Crippen LogP contribution >= 0.6 is 0 Å². The standard InChI is InChI=1S/C14H26N2/c1-9(2)8-16(15)14-12-4-10-3-11(6-12)7-13(14)5-10/h9-14H,3-8,15H2,1-2H3. The van der Waals surface area contributed by atoms with Crippen LogP contribution in [0.15, 0.2) is 0 Å². The number of nitrogens with two attached hydrogens (primary N) is 1. The van der Waals surface area contributed by atoms with Gasteiger partial charge in [0.25, 0.3) is 0 Å². The number of hydrogen-bond acceptors (Lipinski definition) is 2. The van der Waals surface area contributed by atoms with E-state index in [0.717, 1.165) is 36.3 Å². The average Bonchev–Trinajstić information content (AvgIpc) is 2.13. The zero-order valence-electron chi connectivity index (χ0n) is 10.7. The van der Waals surface area contributed by atoms with Crippen molar-refractivity contribution in [2.75, 3.05) is 6.54 Å². The molecule has 2 heteroatoms. The van der Waals surface area contributed by atoms with E-state index in [1.165, 1.54) is 32.1 Å². The fraction of sp³-hybridized carbons (Fsp3) is 1.00. The van der Waals surface area contributed by atoms with Crippen LogP contribution in [0.1, 0.15) is 46.0 Å². The van der Waals surface area contributed by atoms with Crippen molar-refractivity contribution >= 4 is 0 Å². The van der Waals surface area contributed by atoms with E-state index in [9.17, 15) is 0 Å². The lowest BCUT2D eigenvalue weighted by Crippen LogP contribution is -2.58. The van der Waals surface area contributed by atoms with Crippen molar-refractivity contribution < 1.29 is 0 Å². The van der Waals surface area contributed by atoms with Gasteiger partial charge in [0.1, 0.15) is 0 Å². The zero-order chi connectivity index (χ0) is 11.3. The molecule has 4 aliphatic rings. The highest BCUT2D eigenvalue weighted by molar-refractivity contribution is 5.01. The monoisotopic (exact) mass is 222 g/mol. The van der Waals surface area contributed by atoms with Gasteiger partial charge in [-0.2, -0.15) is 0 Å². The molecule has 0 radical (unpaired) electrons. The maximum Gasteiger partial charge on any atom is 0.0298 e. The molecular formula is C14H26N2. The summed E-state index contributed by atoms with van der Waals surface area (Å²) < 4.78 is 0. The molecule has 0 aromatic rings. The molecular weight excluding hydrogens is 196 g/mol. The second kappa shape index (κ2) is 3.99. The minimum Gasteiger partial charge on any atom is -0.269 e. The summed E-state index contributed by atoms with van der Waals surface area (Å²) in [4.78, 5) is 0. The number of hydrogen-bond donors (Lipinski definition) is 1. The Morgan fingerprint density at radius 3 is 1.94 bits per heavy atom. The maximum atomic E-state index is 6.33. The van der Waals surface area contributed by atoms with Crippen LogP contribution in [-0.2, 0) is 0 Å². The van der Waals surface area contributed by atoms with Gasteiger partial charge in [-0.3, -0.25) is 5.84 Å². The first-order valence-electron chi connectivity index (χ1n) is 7.14. The molecule has 0 spiro atoms. The van der Waals surface area contributed by atoms with Crippen molar-refractivity contribution in [1.82, 2.24) is 5.01 Å². The molecule has 92 valence electrons. The molecule has 0 unspecified atom stereocenters. The van der Waals surface area contributed by atoms with Crippen molar-refractivity contribution in [2.45, 2.75) is 52.0 Å². The molecule has 0 atom stereocenters. The van der Waals surface area contributed by atoms with E-state index in [1.807, 2.05) is 0 Å². The van der Waals surface area contributed by atoms with Crippen molar-refractivity contribution in [3.63, 3.8) is 0 Å². The molecule has 0 aromatic heterocycles. The summed E-state index contributed by atoms with van der Waals surface area (Å²) >= 11 is 0. The highest BCUT2D eigenvalue weighted by atomic mass is 15.4. The van der Waals surface area contributed by atoms with Gasteiger partial charge in [-0.05, 0) is 61.7 Å². The van der Waals surface area contributed by atoms with E-state index in [4.69, 9.17) is 5.84 Å². The Kier molecular flexibility index (Phi) is 2.75. The Hall–Kier alpha value is -0.0800. The van der Waals surface area contributed by atoms with Crippen molar-refractivity contribution in [1.29, 1.82) is 0 Å². The molecule has 0 amide bonds. The number of rotatable bonds is 3. The molecule has 2 nitrogen and oxygen atoms in total. The lowest BCUT2D eigenvalue weighted by molar-refractivity contribution is -0.0688. The van der Waals surface area contributed by atoms with E-state index in [1.54, 1.807) is 0 Å². The molecule has 4 rings (SSSR count). The van der Waals surface area contributed by atoms with Gasteiger partial charge < -0.3 is 0 Å². The van der Waals surface area contributed by atoms with Crippen LogP contribution in [0.5, 0.6) is 0 Å². The number of nitrogens with zero attached hydrogens (tertiary/aromatic N) is 1. The van der Waals surface area contributed by atoms with Gasteiger partial charge in [-0.1, -0.05) is 13.8 Å². The molecule has 0 heterocycles. The van der Waals surface area contributed by atoms with Gasteiger partial charge >= 0.3 is 0 Å². The summed E-state index contributed by atoms with van der Waals surface area (Å²) in [7, 11) is 0. The average molecular weight is 222 g/mol. The first-order chi connectivity index (χ1) is 7.63. The van der Waals surface area contributed by atoms with E-state index >= 15 is 0 Å². The Morgan fingerprint density at radius 1 is 1.00 bits per heavy atom.